The number of amides is 1. The Labute approximate surface area is 177 Å². The molecular formula is C22H19F2N5O2. The smallest absolute Gasteiger partial charge is 0.387 e. The molecule has 4 rings (SSSR count). The fourth-order valence-electron chi connectivity index (χ4n) is 3.78. The monoisotopic (exact) mass is 423 g/mol. The number of anilines is 2. The molecule has 3 aromatic rings. The summed E-state index contributed by atoms with van der Waals surface area (Å²) in [5.74, 6) is -0.450. The Kier molecular flexibility index (Phi) is 5.54. The van der Waals surface area contributed by atoms with E-state index in [0.29, 0.717) is 53.9 Å². The number of nitrogens with two attached hydrogens (primary N) is 1. The summed E-state index contributed by atoms with van der Waals surface area (Å²) in [6.07, 6.45) is 1.50. The van der Waals surface area contributed by atoms with Crippen molar-refractivity contribution in [3.8, 4) is 11.8 Å². The van der Waals surface area contributed by atoms with Gasteiger partial charge in [0.15, 0.2) is 0 Å². The molecule has 0 saturated carbocycles. The number of hydrogen-bond donors (Lipinski definition) is 1. The maximum atomic E-state index is 12.7. The lowest BCUT2D eigenvalue weighted by molar-refractivity contribution is -0.0497. The molecule has 1 aliphatic rings. The molecule has 7 nitrogen and oxygen atoms in total. The number of carbonyl (C=O) groups is 1. The van der Waals surface area contributed by atoms with E-state index in [4.69, 9.17) is 5.73 Å². The minimum atomic E-state index is -2.93. The lowest BCUT2D eigenvalue weighted by Gasteiger charge is -2.38. The maximum Gasteiger partial charge on any atom is 0.387 e. The average molecular weight is 423 g/mol. The number of ether oxygens (including phenoxy) is 1. The number of rotatable bonds is 5. The summed E-state index contributed by atoms with van der Waals surface area (Å²) in [7, 11) is 0. The van der Waals surface area contributed by atoms with Crippen molar-refractivity contribution < 1.29 is 18.3 Å². The van der Waals surface area contributed by atoms with Crippen molar-refractivity contribution in [2.24, 2.45) is 5.73 Å². The van der Waals surface area contributed by atoms with Crippen LogP contribution in [0, 0.1) is 11.3 Å². The highest BCUT2D eigenvalue weighted by Gasteiger charge is 2.22. The van der Waals surface area contributed by atoms with Gasteiger partial charge in [-0.25, -0.2) is 0 Å². The molecule has 0 spiro atoms. The van der Waals surface area contributed by atoms with Gasteiger partial charge in [0.25, 0.3) is 0 Å². The van der Waals surface area contributed by atoms with E-state index in [0.717, 1.165) is 5.69 Å². The van der Waals surface area contributed by atoms with E-state index < -0.39 is 12.5 Å². The highest BCUT2D eigenvalue weighted by molar-refractivity contribution is 5.95. The number of pyridine rings is 1. The molecule has 1 fully saturated rings. The molecule has 0 atom stereocenters. The van der Waals surface area contributed by atoms with Crippen LogP contribution in [0.4, 0.5) is 20.2 Å². The van der Waals surface area contributed by atoms with Crippen molar-refractivity contribution in [1.29, 1.82) is 5.26 Å². The molecule has 0 aliphatic carbocycles. The summed E-state index contributed by atoms with van der Waals surface area (Å²) >= 11 is 0. The standard InChI is InChI=1S/C22H19F2N5O2/c23-22(24)31-17-5-6-19-18(11-17)20(15(12-25)13-27-19)29-9-7-28(8-10-29)16-3-1-14(2-4-16)21(26)30/h1-6,11,13,22H,7-10H2,(H2,26,30). The number of primary amides is 1. The molecule has 0 unspecified atom stereocenters. The largest absolute Gasteiger partial charge is 0.435 e. The number of aromatic nitrogens is 1. The Balaban J connectivity index is 1.60. The molecule has 1 aromatic heterocycles. The second kappa shape index (κ2) is 8.44. The second-order valence-electron chi connectivity index (χ2n) is 7.07. The van der Waals surface area contributed by atoms with Crippen molar-refractivity contribution in [3.63, 3.8) is 0 Å². The van der Waals surface area contributed by atoms with Gasteiger partial charge in [-0.3, -0.25) is 9.78 Å². The van der Waals surface area contributed by atoms with Gasteiger partial charge < -0.3 is 20.3 Å². The number of fused-ring (bicyclic) bond motifs is 1. The van der Waals surface area contributed by atoms with Gasteiger partial charge in [-0.1, -0.05) is 0 Å². The van der Waals surface area contributed by atoms with E-state index in [9.17, 15) is 18.8 Å². The first-order valence-corrected chi connectivity index (χ1v) is 9.63. The molecule has 2 heterocycles. The zero-order valence-corrected chi connectivity index (χ0v) is 16.5. The highest BCUT2D eigenvalue weighted by atomic mass is 19.3. The fourth-order valence-corrected chi connectivity index (χ4v) is 3.78. The van der Waals surface area contributed by atoms with Crippen LogP contribution in [0.1, 0.15) is 15.9 Å². The lowest BCUT2D eigenvalue weighted by Crippen LogP contribution is -2.46. The van der Waals surface area contributed by atoms with Crippen molar-refractivity contribution >= 4 is 28.2 Å². The molecule has 158 valence electrons. The van der Waals surface area contributed by atoms with Crippen LogP contribution in [-0.2, 0) is 0 Å². The van der Waals surface area contributed by atoms with Gasteiger partial charge in [0.05, 0.1) is 16.8 Å². The van der Waals surface area contributed by atoms with Crippen LogP contribution in [0.15, 0.2) is 48.7 Å². The summed E-state index contributed by atoms with van der Waals surface area (Å²) in [4.78, 5) is 19.8. The van der Waals surface area contributed by atoms with Gasteiger partial charge in [0.2, 0.25) is 5.91 Å². The molecule has 9 heteroatoms. The Morgan fingerprint density at radius 1 is 1.10 bits per heavy atom. The number of nitrogens with zero attached hydrogens (tertiary/aromatic N) is 4. The Morgan fingerprint density at radius 2 is 1.77 bits per heavy atom. The molecule has 0 bridgehead atoms. The SMILES string of the molecule is N#Cc1cnc2ccc(OC(F)F)cc2c1N1CCN(c2ccc(C(N)=O)cc2)CC1. The van der Waals surface area contributed by atoms with E-state index >= 15 is 0 Å². The number of hydrogen-bond acceptors (Lipinski definition) is 6. The van der Waals surface area contributed by atoms with Crippen LogP contribution in [0.5, 0.6) is 5.75 Å². The van der Waals surface area contributed by atoms with E-state index in [1.807, 2.05) is 12.1 Å². The Morgan fingerprint density at radius 3 is 2.39 bits per heavy atom. The van der Waals surface area contributed by atoms with Gasteiger partial charge >= 0.3 is 6.61 Å². The minimum Gasteiger partial charge on any atom is -0.435 e. The first-order valence-electron chi connectivity index (χ1n) is 9.63. The topological polar surface area (TPSA) is 95.5 Å². The fraction of sp³-hybridized carbons (Fsp3) is 0.227. The quantitative estimate of drug-likeness (QED) is 0.678. The van der Waals surface area contributed by atoms with Crippen LogP contribution < -0.4 is 20.3 Å². The number of alkyl halides is 2. The molecule has 1 amide bonds. The van der Waals surface area contributed by atoms with Crippen LogP contribution in [0.25, 0.3) is 10.9 Å². The van der Waals surface area contributed by atoms with Gasteiger partial charge in [-0.2, -0.15) is 14.0 Å². The highest BCUT2D eigenvalue weighted by Crippen LogP contribution is 2.33. The number of benzene rings is 2. The molecule has 1 aliphatic heterocycles. The molecule has 1 saturated heterocycles. The number of nitriles is 1. The van der Waals surface area contributed by atoms with Gasteiger partial charge in [0, 0.05) is 49.0 Å². The van der Waals surface area contributed by atoms with Crippen LogP contribution in [-0.4, -0.2) is 43.7 Å². The third-order valence-corrected chi connectivity index (χ3v) is 5.27. The van der Waals surface area contributed by atoms with E-state index in [-0.39, 0.29) is 5.75 Å². The lowest BCUT2D eigenvalue weighted by atomic mass is 10.1. The number of carbonyl (C=O) groups excluding carboxylic acids is 1. The third kappa shape index (κ3) is 4.19. The zero-order valence-electron chi connectivity index (χ0n) is 16.5. The summed E-state index contributed by atoms with van der Waals surface area (Å²) < 4.78 is 29.9. The zero-order chi connectivity index (χ0) is 22.0. The van der Waals surface area contributed by atoms with E-state index in [1.54, 1.807) is 18.2 Å². The summed E-state index contributed by atoms with van der Waals surface area (Å²) in [5, 5.41) is 10.2. The normalized spacial score (nSPS) is 14.0. The van der Waals surface area contributed by atoms with Crippen LogP contribution >= 0.6 is 0 Å². The van der Waals surface area contributed by atoms with Crippen molar-refractivity contribution in [2.75, 3.05) is 36.0 Å². The first-order chi connectivity index (χ1) is 15.0. The first kappa shape index (κ1) is 20.3. The number of halogens is 2. The predicted octanol–water partition coefficient (Wildman–Crippen LogP) is 3.13. The third-order valence-electron chi connectivity index (χ3n) is 5.27. The van der Waals surface area contributed by atoms with E-state index in [1.165, 1.54) is 18.3 Å². The average Bonchev–Trinajstić information content (AvgIpc) is 2.78. The predicted molar refractivity (Wildman–Crippen MR) is 112 cm³/mol. The summed E-state index contributed by atoms with van der Waals surface area (Å²) in [5.41, 5.74) is 8.35. The molecule has 31 heavy (non-hydrogen) atoms. The Bertz CT molecular complexity index is 1150. The van der Waals surface area contributed by atoms with Crippen molar-refractivity contribution in [1.82, 2.24) is 4.98 Å². The van der Waals surface area contributed by atoms with Gasteiger partial charge in [-0.15, -0.1) is 0 Å². The molecular weight excluding hydrogens is 404 g/mol. The molecule has 2 N–H and O–H groups in total. The maximum absolute atomic E-state index is 12.7. The summed E-state index contributed by atoms with van der Waals surface area (Å²) in [6, 6.07) is 13.8. The van der Waals surface area contributed by atoms with Gasteiger partial charge in [-0.05, 0) is 42.5 Å². The van der Waals surface area contributed by atoms with Crippen molar-refractivity contribution in [3.05, 3.63) is 59.8 Å². The van der Waals surface area contributed by atoms with E-state index in [2.05, 4.69) is 25.6 Å². The second-order valence-corrected chi connectivity index (χ2v) is 7.07. The van der Waals surface area contributed by atoms with Crippen molar-refractivity contribution in [2.45, 2.75) is 6.61 Å². The summed E-state index contributed by atoms with van der Waals surface area (Å²) in [6.45, 7) is -0.343. The molecule has 2 aromatic carbocycles. The van der Waals surface area contributed by atoms with Gasteiger partial charge in [0.1, 0.15) is 11.8 Å². The van der Waals surface area contributed by atoms with Crippen LogP contribution in [0.3, 0.4) is 0 Å². The minimum absolute atomic E-state index is 0.0221. The van der Waals surface area contributed by atoms with Crippen LogP contribution in [0.2, 0.25) is 0 Å². The molecule has 0 radical (unpaired) electrons. The Hall–Kier alpha value is -3.93. The number of piperazine rings is 1.